The molecule has 0 aromatic heterocycles. The summed E-state index contributed by atoms with van der Waals surface area (Å²) < 4.78 is 6.47. The van der Waals surface area contributed by atoms with Crippen LogP contribution in [0.5, 0.6) is 0 Å². The summed E-state index contributed by atoms with van der Waals surface area (Å²) in [5.74, 6) is -1.09. The Kier molecular flexibility index (Phi) is 7.37. The molecule has 0 saturated heterocycles. The molecule has 142 valence electrons. The largest absolute Gasteiger partial charge is 0.452 e. The molecule has 9 heteroatoms. The Morgan fingerprint density at radius 2 is 1.67 bits per heavy atom. The maximum absolute atomic E-state index is 12.1. The molecule has 0 saturated carbocycles. The van der Waals surface area contributed by atoms with Gasteiger partial charge in [-0.3, -0.25) is 4.79 Å². The Morgan fingerprint density at radius 3 is 2.22 bits per heavy atom. The van der Waals surface area contributed by atoms with Crippen LogP contribution in [0.15, 0.2) is 45.3 Å². The fourth-order valence-corrected chi connectivity index (χ4v) is 3.77. The Bertz CT molecular complexity index is 846. The highest BCUT2D eigenvalue weighted by atomic mass is 79.9. The molecule has 0 aliphatic rings. The molecule has 0 heterocycles. The van der Waals surface area contributed by atoms with E-state index in [0.29, 0.717) is 20.2 Å². The van der Waals surface area contributed by atoms with E-state index in [4.69, 9.17) is 10.5 Å². The van der Waals surface area contributed by atoms with Crippen molar-refractivity contribution < 1.29 is 19.1 Å². The van der Waals surface area contributed by atoms with E-state index in [-0.39, 0.29) is 6.54 Å². The van der Waals surface area contributed by atoms with E-state index < -0.39 is 24.5 Å². The molecule has 7 nitrogen and oxygen atoms in total. The van der Waals surface area contributed by atoms with E-state index in [0.717, 1.165) is 11.1 Å². The number of benzene rings is 2. The standard InChI is InChI=1S/C18H17Br2N3O4/c1-10-6-13(19)16(14(20)7-10)23-15(24)9-27-17(25)12-4-2-11(3-5-12)8-22-18(21)26/h2-7H,8-9H2,1H3,(H,23,24)(H3,21,22,26). The number of carbonyl (C=O) groups is 3. The summed E-state index contributed by atoms with van der Waals surface area (Å²) in [6.45, 7) is 1.77. The van der Waals surface area contributed by atoms with Crippen LogP contribution in [0.2, 0.25) is 0 Å². The van der Waals surface area contributed by atoms with Gasteiger partial charge in [0.05, 0.1) is 11.3 Å². The van der Waals surface area contributed by atoms with Crippen molar-refractivity contribution >= 4 is 55.5 Å². The van der Waals surface area contributed by atoms with Crippen LogP contribution >= 0.6 is 31.9 Å². The summed E-state index contributed by atoms with van der Waals surface area (Å²) in [5.41, 5.74) is 7.65. The minimum absolute atomic E-state index is 0.257. The van der Waals surface area contributed by atoms with Crippen LogP contribution < -0.4 is 16.4 Å². The molecule has 0 aliphatic heterocycles. The lowest BCUT2D eigenvalue weighted by atomic mass is 10.1. The second-order valence-electron chi connectivity index (χ2n) is 5.64. The third-order valence-corrected chi connectivity index (χ3v) is 4.69. The fourth-order valence-electron chi connectivity index (χ4n) is 2.16. The molecule has 0 atom stereocenters. The normalized spacial score (nSPS) is 10.2. The zero-order chi connectivity index (χ0) is 20.0. The first kappa shape index (κ1) is 20.9. The Balaban J connectivity index is 1.89. The van der Waals surface area contributed by atoms with Crippen molar-refractivity contribution in [2.45, 2.75) is 13.5 Å². The van der Waals surface area contributed by atoms with Crippen LogP contribution in [-0.2, 0) is 16.1 Å². The van der Waals surface area contributed by atoms with Crippen LogP contribution in [0.3, 0.4) is 0 Å². The lowest BCUT2D eigenvalue weighted by Crippen LogP contribution is -2.28. The topological polar surface area (TPSA) is 111 Å². The summed E-state index contributed by atoms with van der Waals surface area (Å²) in [5, 5.41) is 5.14. The van der Waals surface area contributed by atoms with Gasteiger partial charge >= 0.3 is 12.0 Å². The van der Waals surface area contributed by atoms with Crippen molar-refractivity contribution in [2.75, 3.05) is 11.9 Å². The molecule has 0 bridgehead atoms. The van der Waals surface area contributed by atoms with E-state index in [1.165, 1.54) is 0 Å². The van der Waals surface area contributed by atoms with Gasteiger partial charge in [0, 0.05) is 15.5 Å². The van der Waals surface area contributed by atoms with E-state index in [9.17, 15) is 14.4 Å². The minimum atomic E-state index is -0.628. The number of urea groups is 1. The average molecular weight is 499 g/mol. The summed E-state index contributed by atoms with van der Waals surface area (Å²) in [6.07, 6.45) is 0. The first-order valence-corrected chi connectivity index (χ1v) is 9.39. The number of aryl methyl sites for hydroxylation is 1. The summed E-state index contributed by atoms with van der Waals surface area (Å²) in [7, 11) is 0. The number of ether oxygens (including phenoxy) is 1. The monoisotopic (exact) mass is 497 g/mol. The van der Waals surface area contributed by atoms with Crippen molar-refractivity contribution in [1.82, 2.24) is 5.32 Å². The molecular weight excluding hydrogens is 482 g/mol. The second-order valence-corrected chi connectivity index (χ2v) is 7.35. The van der Waals surface area contributed by atoms with E-state index in [2.05, 4.69) is 42.5 Å². The Morgan fingerprint density at radius 1 is 1.07 bits per heavy atom. The first-order valence-electron chi connectivity index (χ1n) is 7.81. The molecule has 0 unspecified atom stereocenters. The molecule has 0 fully saturated rings. The molecule has 3 amide bonds. The highest BCUT2D eigenvalue weighted by Gasteiger charge is 2.13. The Labute approximate surface area is 172 Å². The van der Waals surface area contributed by atoms with Gasteiger partial charge in [-0.2, -0.15) is 0 Å². The van der Waals surface area contributed by atoms with Crippen molar-refractivity contribution in [3.63, 3.8) is 0 Å². The minimum Gasteiger partial charge on any atom is -0.452 e. The van der Waals surface area contributed by atoms with E-state index in [1.54, 1.807) is 24.3 Å². The molecule has 2 aromatic rings. The zero-order valence-corrected chi connectivity index (χ0v) is 17.5. The molecule has 27 heavy (non-hydrogen) atoms. The number of nitrogens with one attached hydrogen (secondary N) is 2. The third kappa shape index (κ3) is 6.37. The SMILES string of the molecule is Cc1cc(Br)c(NC(=O)COC(=O)c2ccc(CNC(N)=O)cc2)c(Br)c1. The number of carbonyl (C=O) groups excluding carboxylic acids is 3. The van der Waals surface area contributed by atoms with Crippen LogP contribution in [-0.4, -0.2) is 24.5 Å². The van der Waals surface area contributed by atoms with Crippen molar-refractivity contribution in [1.29, 1.82) is 0 Å². The maximum atomic E-state index is 12.1. The molecule has 0 aliphatic carbocycles. The summed E-state index contributed by atoms with van der Waals surface area (Å²) >= 11 is 6.77. The predicted molar refractivity (Wildman–Crippen MR) is 108 cm³/mol. The fraction of sp³-hybridized carbons (Fsp3) is 0.167. The van der Waals surface area contributed by atoms with Gasteiger partial charge in [0.25, 0.3) is 5.91 Å². The van der Waals surface area contributed by atoms with Gasteiger partial charge in [-0.05, 0) is 74.2 Å². The van der Waals surface area contributed by atoms with Crippen molar-refractivity contribution in [3.8, 4) is 0 Å². The third-order valence-electron chi connectivity index (χ3n) is 3.44. The van der Waals surface area contributed by atoms with Crippen LogP contribution in [0.4, 0.5) is 10.5 Å². The van der Waals surface area contributed by atoms with Crippen LogP contribution in [0.1, 0.15) is 21.5 Å². The maximum Gasteiger partial charge on any atom is 0.338 e. The number of hydrogen-bond acceptors (Lipinski definition) is 4. The van der Waals surface area contributed by atoms with Crippen LogP contribution in [0, 0.1) is 6.92 Å². The number of anilines is 1. The van der Waals surface area contributed by atoms with Gasteiger partial charge in [0.15, 0.2) is 6.61 Å². The number of amides is 3. The van der Waals surface area contributed by atoms with E-state index >= 15 is 0 Å². The van der Waals surface area contributed by atoms with E-state index in [1.807, 2.05) is 19.1 Å². The quantitative estimate of drug-likeness (QED) is 0.529. The molecule has 0 spiro atoms. The van der Waals surface area contributed by atoms with Gasteiger partial charge in [-0.15, -0.1) is 0 Å². The van der Waals surface area contributed by atoms with Crippen molar-refractivity contribution in [2.24, 2.45) is 5.73 Å². The first-order chi connectivity index (χ1) is 12.8. The number of primary amides is 1. The molecule has 0 radical (unpaired) electrons. The number of esters is 1. The van der Waals surface area contributed by atoms with Gasteiger partial charge in [0.2, 0.25) is 0 Å². The summed E-state index contributed by atoms with van der Waals surface area (Å²) in [6, 6.07) is 9.51. The number of halogens is 2. The van der Waals surface area contributed by atoms with Gasteiger partial charge < -0.3 is 21.1 Å². The number of rotatable bonds is 6. The highest BCUT2D eigenvalue weighted by molar-refractivity contribution is 9.11. The molecular formula is C18H17Br2N3O4. The van der Waals surface area contributed by atoms with Gasteiger partial charge in [-0.1, -0.05) is 12.1 Å². The lowest BCUT2D eigenvalue weighted by Gasteiger charge is -2.11. The summed E-state index contributed by atoms with van der Waals surface area (Å²) in [4.78, 5) is 34.8. The average Bonchev–Trinajstić information content (AvgIpc) is 2.61. The zero-order valence-electron chi connectivity index (χ0n) is 14.3. The smallest absolute Gasteiger partial charge is 0.338 e. The second kappa shape index (κ2) is 9.52. The molecule has 4 N–H and O–H groups in total. The lowest BCUT2D eigenvalue weighted by molar-refractivity contribution is -0.119. The molecule has 2 aromatic carbocycles. The highest BCUT2D eigenvalue weighted by Crippen LogP contribution is 2.32. The predicted octanol–water partition coefficient (Wildman–Crippen LogP) is 3.48. The van der Waals surface area contributed by atoms with Gasteiger partial charge in [0.1, 0.15) is 0 Å². The van der Waals surface area contributed by atoms with Crippen molar-refractivity contribution in [3.05, 3.63) is 62.0 Å². The number of nitrogens with two attached hydrogens (primary N) is 1. The molecule has 2 rings (SSSR count). The number of hydrogen-bond donors (Lipinski definition) is 3. The Hall–Kier alpha value is -2.39. The van der Waals surface area contributed by atoms with Gasteiger partial charge in [-0.25, -0.2) is 9.59 Å². The van der Waals surface area contributed by atoms with Crippen LogP contribution in [0.25, 0.3) is 0 Å².